The van der Waals surface area contributed by atoms with Gasteiger partial charge in [-0.15, -0.1) is 0 Å². The van der Waals surface area contributed by atoms with E-state index in [4.69, 9.17) is 21.1 Å². The second kappa shape index (κ2) is 4.14. The molecule has 0 N–H and O–H groups in total. The molecule has 0 aromatic heterocycles. The highest BCUT2D eigenvalue weighted by Crippen LogP contribution is 2.27. The van der Waals surface area contributed by atoms with Gasteiger partial charge in [0.2, 0.25) is 0 Å². The van der Waals surface area contributed by atoms with Crippen molar-refractivity contribution >= 4 is 17.0 Å². The third-order valence-corrected chi connectivity index (χ3v) is 1.72. The molecule has 0 saturated heterocycles. The summed E-state index contributed by atoms with van der Waals surface area (Å²) in [7, 11) is 1.55. The fourth-order valence-electron chi connectivity index (χ4n) is 1.01. The Morgan fingerprint density at radius 1 is 1.38 bits per heavy atom. The van der Waals surface area contributed by atoms with Gasteiger partial charge in [-0.3, -0.25) is 0 Å². The predicted molar refractivity (Wildman–Crippen MR) is 49.6 cm³/mol. The first kappa shape index (κ1) is 9.86. The molecule has 0 aliphatic rings. The zero-order valence-electron chi connectivity index (χ0n) is 7.33. The Morgan fingerprint density at radius 2 is 2.00 bits per heavy atom. The van der Waals surface area contributed by atoms with E-state index in [0.717, 1.165) is 5.56 Å². The van der Waals surface area contributed by atoms with Gasteiger partial charge in [0.05, 0.1) is 7.11 Å². The van der Waals surface area contributed by atoms with Gasteiger partial charge in [0.15, 0.2) is 0 Å². The molecule has 0 heterocycles. The summed E-state index contributed by atoms with van der Waals surface area (Å²) in [5, 5.41) is 0. The molecule has 4 heteroatoms. The molecule has 0 spiro atoms. The Morgan fingerprint density at radius 3 is 2.54 bits per heavy atom. The number of ether oxygens (including phenoxy) is 2. The molecule has 0 bridgehead atoms. The van der Waals surface area contributed by atoms with E-state index in [1.54, 1.807) is 32.2 Å². The molecular formula is C9H9ClO3. The molecule has 0 amide bonds. The lowest BCUT2D eigenvalue weighted by Gasteiger charge is -2.08. The molecule has 0 fully saturated rings. The Hall–Kier alpha value is -1.22. The summed E-state index contributed by atoms with van der Waals surface area (Å²) in [6, 6.07) is 5.15. The molecule has 0 atom stereocenters. The number of methoxy groups -OCH3 is 1. The minimum absolute atomic E-state index is 0.416. The van der Waals surface area contributed by atoms with Crippen molar-refractivity contribution in [2.24, 2.45) is 0 Å². The van der Waals surface area contributed by atoms with Crippen LogP contribution in [0.15, 0.2) is 18.2 Å². The van der Waals surface area contributed by atoms with Gasteiger partial charge in [-0.1, -0.05) is 6.07 Å². The number of benzene rings is 1. The van der Waals surface area contributed by atoms with Crippen LogP contribution in [0.4, 0.5) is 4.79 Å². The van der Waals surface area contributed by atoms with E-state index < -0.39 is 5.43 Å². The van der Waals surface area contributed by atoms with E-state index in [-0.39, 0.29) is 0 Å². The molecule has 70 valence electrons. The molecule has 1 aromatic rings. The number of hydrogen-bond donors (Lipinski definition) is 0. The second-order valence-electron chi connectivity index (χ2n) is 2.42. The van der Waals surface area contributed by atoms with Crippen molar-refractivity contribution in [1.29, 1.82) is 0 Å². The Labute approximate surface area is 81.2 Å². The van der Waals surface area contributed by atoms with Crippen molar-refractivity contribution in [2.45, 2.75) is 6.92 Å². The van der Waals surface area contributed by atoms with E-state index in [0.29, 0.717) is 11.5 Å². The molecule has 1 aromatic carbocycles. The molecule has 0 aliphatic heterocycles. The maximum absolute atomic E-state index is 10.5. The van der Waals surface area contributed by atoms with Gasteiger partial charge in [0.25, 0.3) is 0 Å². The highest BCUT2D eigenvalue weighted by molar-refractivity contribution is 6.61. The quantitative estimate of drug-likeness (QED) is 0.689. The third-order valence-electron chi connectivity index (χ3n) is 1.64. The molecule has 0 radical (unpaired) electrons. The lowest BCUT2D eigenvalue weighted by atomic mass is 10.2. The Kier molecular flexibility index (Phi) is 3.14. The smallest absolute Gasteiger partial charge is 0.409 e. The second-order valence-corrected chi connectivity index (χ2v) is 2.73. The predicted octanol–water partition coefficient (Wildman–Crippen LogP) is 2.74. The first-order valence-electron chi connectivity index (χ1n) is 3.66. The van der Waals surface area contributed by atoms with E-state index in [1.807, 2.05) is 0 Å². The standard InChI is InChI=1S/C9H9ClO3/c1-6-7(12-2)4-3-5-8(6)13-9(10)11/h3-5H,1-2H3. The van der Waals surface area contributed by atoms with E-state index in [9.17, 15) is 4.79 Å². The zero-order valence-corrected chi connectivity index (χ0v) is 8.09. The number of rotatable bonds is 2. The van der Waals surface area contributed by atoms with E-state index >= 15 is 0 Å². The molecule has 1 rings (SSSR count). The van der Waals surface area contributed by atoms with Crippen molar-refractivity contribution < 1.29 is 14.3 Å². The summed E-state index contributed by atoms with van der Waals surface area (Å²) in [5.41, 5.74) is -0.102. The average molecular weight is 201 g/mol. The van der Waals surface area contributed by atoms with Crippen LogP contribution in [0.1, 0.15) is 5.56 Å². The molecule has 13 heavy (non-hydrogen) atoms. The fraction of sp³-hybridized carbons (Fsp3) is 0.222. The molecular weight excluding hydrogens is 192 g/mol. The third kappa shape index (κ3) is 2.36. The fourth-order valence-corrected chi connectivity index (χ4v) is 1.10. The summed E-state index contributed by atoms with van der Waals surface area (Å²) in [6.45, 7) is 1.79. The minimum atomic E-state index is -0.851. The molecule has 0 unspecified atom stereocenters. The van der Waals surface area contributed by atoms with Crippen LogP contribution >= 0.6 is 11.6 Å². The van der Waals surface area contributed by atoms with Crippen molar-refractivity contribution in [3.8, 4) is 11.5 Å². The molecule has 0 aliphatic carbocycles. The van der Waals surface area contributed by atoms with Crippen molar-refractivity contribution in [3.63, 3.8) is 0 Å². The SMILES string of the molecule is COc1cccc(OC(=O)Cl)c1C. The summed E-state index contributed by atoms with van der Waals surface area (Å²) in [6.07, 6.45) is 0. The van der Waals surface area contributed by atoms with E-state index in [2.05, 4.69) is 0 Å². The van der Waals surface area contributed by atoms with Crippen molar-refractivity contribution in [1.82, 2.24) is 0 Å². The van der Waals surface area contributed by atoms with Gasteiger partial charge in [0, 0.05) is 17.2 Å². The Balaban J connectivity index is 3.01. The van der Waals surface area contributed by atoms with Crippen LogP contribution < -0.4 is 9.47 Å². The van der Waals surface area contributed by atoms with Gasteiger partial charge in [0.1, 0.15) is 11.5 Å². The average Bonchev–Trinajstić information content (AvgIpc) is 2.08. The summed E-state index contributed by atoms with van der Waals surface area (Å²) in [4.78, 5) is 10.5. The van der Waals surface area contributed by atoms with Gasteiger partial charge in [-0.05, 0) is 19.1 Å². The normalized spacial score (nSPS) is 9.46. The van der Waals surface area contributed by atoms with Crippen LogP contribution in [0, 0.1) is 6.92 Å². The Bertz CT molecular complexity index is 323. The highest BCUT2D eigenvalue weighted by Gasteiger charge is 2.07. The van der Waals surface area contributed by atoms with Crippen molar-refractivity contribution in [2.75, 3.05) is 7.11 Å². The van der Waals surface area contributed by atoms with E-state index in [1.165, 1.54) is 0 Å². The van der Waals surface area contributed by atoms with Crippen LogP contribution in [0.2, 0.25) is 0 Å². The lowest BCUT2D eigenvalue weighted by molar-refractivity contribution is 0.225. The van der Waals surface area contributed by atoms with Gasteiger partial charge in [-0.2, -0.15) is 0 Å². The molecule has 3 nitrogen and oxygen atoms in total. The highest BCUT2D eigenvalue weighted by atomic mass is 35.5. The first-order chi connectivity index (χ1) is 6.15. The zero-order chi connectivity index (χ0) is 9.84. The van der Waals surface area contributed by atoms with Crippen LogP contribution in [0.5, 0.6) is 11.5 Å². The summed E-state index contributed by atoms with van der Waals surface area (Å²) < 4.78 is 9.77. The summed E-state index contributed by atoms with van der Waals surface area (Å²) >= 11 is 5.08. The maximum atomic E-state index is 10.5. The van der Waals surface area contributed by atoms with Gasteiger partial charge in [-0.25, -0.2) is 4.79 Å². The number of halogens is 1. The largest absolute Gasteiger partial charge is 0.496 e. The van der Waals surface area contributed by atoms with Gasteiger partial charge < -0.3 is 9.47 Å². The maximum Gasteiger partial charge on any atom is 0.409 e. The van der Waals surface area contributed by atoms with Crippen LogP contribution in [0.3, 0.4) is 0 Å². The topological polar surface area (TPSA) is 35.5 Å². The van der Waals surface area contributed by atoms with Gasteiger partial charge >= 0.3 is 5.43 Å². The van der Waals surface area contributed by atoms with Crippen LogP contribution in [-0.2, 0) is 0 Å². The number of carbonyl (C=O) groups is 1. The summed E-state index contributed by atoms with van der Waals surface area (Å²) in [5.74, 6) is 1.08. The lowest BCUT2D eigenvalue weighted by Crippen LogP contribution is -1.99. The monoisotopic (exact) mass is 200 g/mol. The molecule has 0 saturated carbocycles. The van der Waals surface area contributed by atoms with Crippen molar-refractivity contribution in [3.05, 3.63) is 23.8 Å². The van der Waals surface area contributed by atoms with Crippen LogP contribution in [0.25, 0.3) is 0 Å². The minimum Gasteiger partial charge on any atom is -0.496 e. The van der Waals surface area contributed by atoms with Crippen LogP contribution in [-0.4, -0.2) is 12.5 Å². The number of carbonyl (C=O) groups excluding carboxylic acids is 1. The number of hydrogen-bond acceptors (Lipinski definition) is 3. The first-order valence-corrected chi connectivity index (χ1v) is 4.04.